The number of imidazole rings is 1. The summed E-state index contributed by atoms with van der Waals surface area (Å²) in [5.74, 6) is 1.33. The van der Waals surface area contributed by atoms with Gasteiger partial charge in [-0.1, -0.05) is 13.8 Å². The fourth-order valence-electron chi connectivity index (χ4n) is 1.99. The minimum Gasteiger partial charge on any atom is -0.363 e. The van der Waals surface area contributed by atoms with Crippen molar-refractivity contribution in [1.29, 1.82) is 0 Å². The van der Waals surface area contributed by atoms with E-state index in [2.05, 4.69) is 64.1 Å². The molecular weight excluding hydrogens is 306 g/mol. The van der Waals surface area contributed by atoms with Crippen molar-refractivity contribution in [3.63, 3.8) is 0 Å². The van der Waals surface area contributed by atoms with Crippen molar-refractivity contribution in [2.24, 2.45) is 5.92 Å². The van der Waals surface area contributed by atoms with Crippen LogP contribution in [-0.2, 0) is 0 Å². The number of halogens is 1. The van der Waals surface area contributed by atoms with Crippen molar-refractivity contribution in [2.45, 2.75) is 19.9 Å². The SMILES string of the molecule is CC(C)C(CN(C)C)Nc1nc(Br)cn2ccnc12. The number of hydrogen-bond acceptors (Lipinski definition) is 4. The first kappa shape index (κ1) is 14.3. The van der Waals surface area contributed by atoms with Gasteiger partial charge in [-0.2, -0.15) is 0 Å². The Kier molecular flexibility index (Phi) is 4.42. The Balaban J connectivity index is 2.30. The zero-order valence-corrected chi connectivity index (χ0v) is 13.3. The van der Waals surface area contributed by atoms with E-state index in [-0.39, 0.29) is 0 Å². The average Bonchev–Trinajstić information content (AvgIpc) is 2.75. The monoisotopic (exact) mass is 325 g/mol. The van der Waals surface area contributed by atoms with Gasteiger partial charge in [-0.15, -0.1) is 0 Å². The normalized spacial score (nSPS) is 13.4. The third kappa shape index (κ3) is 3.45. The van der Waals surface area contributed by atoms with E-state index >= 15 is 0 Å². The number of likely N-dealkylation sites (N-methyl/N-ethyl adjacent to an activating group) is 1. The molecule has 0 amide bonds. The zero-order chi connectivity index (χ0) is 14.0. The van der Waals surface area contributed by atoms with Gasteiger partial charge in [-0.05, 0) is 35.9 Å². The van der Waals surface area contributed by atoms with Gasteiger partial charge < -0.3 is 14.6 Å². The fraction of sp³-hybridized carbons (Fsp3) is 0.538. The van der Waals surface area contributed by atoms with Crippen LogP contribution in [0.25, 0.3) is 5.65 Å². The molecule has 6 heteroatoms. The highest BCUT2D eigenvalue weighted by molar-refractivity contribution is 9.10. The van der Waals surface area contributed by atoms with Gasteiger partial charge in [-0.3, -0.25) is 0 Å². The number of fused-ring (bicyclic) bond motifs is 1. The Morgan fingerprint density at radius 2 is 2.16 bits per heavy atom. The van der Waals surface area contributed by atoms with Gasteiger partial charge in [-0.25, -0.2) is 9.97 Å². The smallest absolute Gasteiger partial charge is 0.180 e. The van der Waals surface area contributed by atoms with Crippen molar-refractivity contribution in [3.05, 3.63) is 23.2 Å². The average molecular weight is 326 g/mol. The maximum atomic E-state index is 4.51. The van der Waals surface area contributed by atoms with E-state index in [1.54, 1.807) is 6.20 Å². The number of hydrogen-bond donors (Lipinski definition) is 1. The van der Waals surface area contributed by atoms with E-state index in [0.717, 1.165) is 22.6 Å². The van der Waals surface area contributed by atoms with Crippen LogP contribution in [0.4, 0.5) is 5.82 Å². The standard InChI is InChI=1S/C13H20BrN5/c1-9(2)10(7-18(3)4)16-12-13-15-5-6-19(13)8-11(14)17-12/h5-6,8-10H,7H2,1-4H3,(H,16,17). The van der Waals surface area contributed by atoms with Gasteiger partial charge in [0.1, 0.15) is 4.60 Å². The minimum absolute atomic E-state index is 0.331. The largest absolute Gasteiger partial charge is 0.363 e. The number of anilines is 1. The van der Waals surface area contributed by atoms with Gasteiger partial charge >= 0.3 is 0 Å². The van der Waals surface area contributed by atoms with Crippen LogP contribution in [0.2, 0.25) is 0 Å². The van der Waals surface area contributed by atoms with Crippen molar-refractivity contribution < 1.29 is 0 Å². The number of aromatic nitrogens is 3. The molecule has 0 aliphatic heterocycles. The zero-order valence-electron chi connectivity index (χ0n) is 11.8. The van der Waals surface area contributed by atoms with Crippen LogP contribution in [-0.4, -0.2) is 46.0 Å². The number of rotatable bonds is 5. The molecule has 2 aromatic rings. The first-order chi connectivity index (χ1) is 8.97. The van der Waals surface area contributed by atoms with Crippen LogP contribution >= 0.6 is 15.9 Å². The molecule has 2 aromatic heterocycles. The highest BCUT2D eigenvalue weighted by Gasteiger charge is 2.17. The van der Waals surface area contributed by atoms with Gasteiger partial charge in [0.05, 0.1) is 0 Å². The molecule has 0 radical (unpaired) electrons. The van der Waals surface area contributed by atoms with Crippen LogP contribution < -0.4 is 5.32 Å². The molecule has 0 bridgehead atoms. The molecule has 2 heterocycles. The van der Waals surface area contributed by atoms with E-state index in [0.29, 0.717) is 12.0 Å². The summed E-state index contributed by atoms with van der Waals surface area (Å²) in [6.45, 7) is 5.38. The maximum Gasteiger partial charge on any atom is 0.180 e. The Bertz CT molecular complexity index is 549. The predicted octanol–water partition coefficient (Wildman–Crippen LogP) is 2.49. The van der Waals surface area contributed by atoms with Gasteiger partial charge in [0.25, 0.3) is 0 Å². The van der Waals surface area contributed by atoms with Gasteiger partial charge in [0.2, 0.25) is 0 Å². The molecule has 1 N–H and O–H groups in total. The van der Waals surface area contributed by atoms with Crippen molar-refractivity contribution in [2.75, 3.05) is 26.0 Å². The minimum atomic E-state index is 0.331. The predicted molar refractivity (Wildman–Crippen MR) is 81.5 cm³/mol. The maximum absolute atomic E-state index is 4.51. The molecule has 0 saturated heterocycles. The summed E-state index contributed by atoms with van der Waals surface area (Å²) in [7, 11) is 4.16. The summed E-state index contributed by atoms with van der Waals surface area (Å²) in [5.41, 5.74) is 0.854. The topological polar surface area (TPSA) is 45.5 Å². The summed E-state index contributed by atoms with van der Waals surface area (Å²) in [5, 5.41) is 3.51. The first-order valence-electron chi connectivity index (χ1n) is 6.38. The van der Waals surface area contributed by atoms with E-state index in [9.17, 15) is 0 Å². The molecule has 19 heavy (non-hydrogen) atoms. The second-order valence-electron chi connectivity index (χ2n) is 5.33. The summed E-state index contributed by atoms with van der Waals surface area (Å²) in [4.78, 5) is 11.0. The second-order valence-corrected chi connectivity index (χ2v) is 6.14. The lowest BCUT2D eigenvalue weighted by Crippen LogP contribution is -2.36. The Hall–Kier alpha value is -1.14. The Morgan fingerprint density at radius 3 is 2.79 bits per heavy atom. The van der Waals surface area contributed by atoms with E-state index < -0.39 is 0 Å². The highest BCUT2D eigenvalue weighted by Crippen LogP contribution is 2.19. The lowest BCUT2D eigenvalue weighted by Gasteiger charge is -2.26. The van der Waals surface area contributed by atoms with Crippen LogP contribution in [0.15, 0.2) is 23.2 Å². The molecule has 0 aromatic carbocycles. The van der Waals surface area contributed by atoms with E-state index in [1.807, 2.05) is 16.8 Å². The molecule has 0 fully saturated rings. The number of nitrogens with one attached hydrogen (secondary N) is 1. The third-order valence-corrected chi connectivity index (χ3v) is 3.42. The van der Waals surface area contributed by atoms with Crippen molar-refractivity contribution >= 4 is 27.4 Å². The second kappa shape index (κ2) is 5.88. The summed E-state index contributed by atoms with van der Waals surface area (Å²) in [6.07, 6.45) is 5.61. The Morgan fingerprint density at radius 1 is 1.42 bits per heavy atom. The van der Waals surface area contributed by atoms with Crippen LogP contribution in [0.1, 0.15) is 13.8 Å². The lowest BCUT2D eigenvalue weighted by atomic mass is 10.0. The summed E-state index contributed by atoms with van der Waals surface area (Å²) >= 11 is 3.44. The summed E-state index contributed by atoms with van der Waals surface area (Å²) < 4.78 is 2.76. The quantitative estimate of drug-likeness (QED) is 0.917. The molecule has 104 valence electrons. The molecule has 5 nitrogen and oxygen atoms in total. The first-order valence-corrected chi connectivity index (χ1v) is 7.17. The van der Waals surface area contributed by atoms with E-state index in [1.165, 1.54) is 0 Å². The molecule has 2 rings (SSSR count). The van der Waals surface area contributed by atoms with Crippen LogP contribution in [0.3, 0.4) is 0 Å². The molecule has 0 spiro atoms. The van der Waals surface area contributed by atoms with Crippen LogP contribution in [0, 0.1) is 5.92 Å². The molecule has 0 saturated carbocycles. The molecular formula is C13H20BrN5. The van der Waals surface area contributed by atoms with Gasteiger partial charge in [0.15, 0.2) is 11.5 Å². The van der Waals surface area contributed by atoms with Crippen molar-refractivity contribution in [1.82, 2.24) is 19.3 Å². The van der Waals surface area contributed by atoms with Crippen molar-refractivity contribution in [3.8, 4) is 0 Å². The molecule has 0 aliphatic rings. The summed E-state index contributed by atoms with van der Waals surface area (Å²) in [6, 6.07) is 0.331. The number of nitrogens with zero attached hydrogens (tertiary/aromatic N) is 4. The van der Waals surface area contributed by atoms with E-state index in [4.69, 9.17) is 0 Å². The molecule has 0 aliphatic carbocycles. The lowest BCUT2D eigenvalue weighted by molar-refractivity contribution is 0.344. The fourth-order valence-corrected chi connectivity index (χ4v) is 2.39. The Labute approximate surface area is 122 Å². The third-order valence-electron chi connectivity index (χ3n) is 3.03. The molecule has 1 unspecified atom stereocenters. The molecule has 1 atom stereocenters. The van der Waals surface area contributed by atoms with Gasteiger partial charge in [0, 0.05) is 31.2 Å². The van der Waals surface area contributed by atoms with Crippen LogP contribution in [0.5, 0.6) is 0 Å². The highest BCUT2D eigenvalue weighted by atomic mass is 79.9.